The smallest absolute Gasteiger partial charge is 0.305 e. The maximum Gasteiger partial charge on any atom is 0.305 e. The molecule has 2 atom stereocenters. The second-order valence-electron chi connectivity index (χ2n) is 5.27. The predicted molar refractivity (Wildman–Crippen MR) is 69.4 cm³/mol. The van der Waals surface area contributed by atoms with Crippen LogP contribution in [-0.4, -0.2) is 35.1 Å². The normalized spacial score (nSPS) is 25.4. The molecule has 3 N–H and O–H groups in total. The maximum atomic E-state index is 12.2. The molecule has 0 aliphatic carbocycles. The largest absolute Gasteiger partial charge is 0.481 e. The monoisotopic (exact) mass is 256 g/mol. The standard InChI is InChI=1S/C13H24N2O3/c1-3-6-10(9-11(16)17)15-12(18)13(2)7-4-5-8-14-13/h10,14H,3-9H2,1-2H3,(H,15,18)(H,16,17). The summed E-state index contributed by atoms with van der Waals surface area (Å²) in [4.78, 5) is 23.0. The van der Waals surface area contributed by atoms with Crippen LogP contribution in [0.25, 0.3) is 0 Å². The molecule has 1 rings (SSSR count). The Hall–Kier alpha value is -1.10. The summed E-state index contributed by atoms with van der Waals surface area (Å²) in [7, 11) is 0. The zero-order valence-electron chi connectivity index (χ0n) is 11.3. The Kier molecular flexibility index (Phi) is 5.59. The van der Waals surface area contributed by atoms with Crippen LogP contribution in [0.2, 0.25) is 0 Å². The molecule has 0 aromatic rings. The van der Waals surface area contributed by atoms with Gasteiger partial charge in [-0.05, 0) is 39.2 Å². The minimum absolute atomic E-state index is 0.00431. The molecule has 1 heterocycles. The minimum Gasteiger partial charge on any atom is -0.481 e. The lowest BCUT2D eigenvalue weighted by atomic mass is 9.89. The minimum atomic E-state index is -0.865. The van der Waals surface area contributed by atoms with E-state index in [1.165, 1.54) is 0 Å². The molecule has 1 aliphatic heterocycles. The van der Waals surface area contributed by atoms with Crippen molar-refractivity contribution in [3.05, 3.63) is 0 Å². The van der Waals surface area contributed by atoms with Crippen LogP contribution in [0.1, 0.15) is 52.4 Å². The van der Waals surface area contributed by atoms with E-state index in [4.69, 9.17) is 5.11 Å². The van der Waals surface area contributed by atoms with Crippen LogP contribution in [0.3, 0.4) is 0 Å². The van der Waals surface area contributed by atoms with Crippen LogP contribution in [0.15, 0.2) is 0 Å². The second-order valence-corrected chi connectivity index (χ2v) is 5.27. The van der Waals surface area contributed by atoms with Crippen molar-refractivity contribution in [3.8, 4) is 0 Å². The fraction of sp³-hybridized carbons (Fsp3) is 0.846. The van der Waals surface area contributed by atoms with E-state index in [9.17, 15) is 9.59 Å². The number of nitrogens with one attached hydrogen (secondary N) is 2. The first-order valence-corrected chi connectivity index (χ1v) is 6.75. The molecule has 0 radical (unpaired) electrons. The van der Waals surface area contributed by atoms with Gasteiger partial charge in [-0.1, -0.05) is 13.3 Å². The van der Waals surface area contributed by atoms with E-state index in [0.29, 0.717) is 6.42 Å². The molecule has 0 aromatic carbocycles. The van der Waals surface area contributed by atoms with Gasteiger partial charge >= 0.3 is 5.97 Å². The van der Waals surface area contributed by atoms with Gasteiger partial charge in [-0.25, -0.2) is 0 Å². The number of amides is 1. The van der Waals surface area contributed by atoms with Gasteiger partial charge in [0.05, 0.1) is 12.0 Å². The van der Waals surface area contributed by atoms with E-state index in [1.54, 1.807) is 0 Å². The van der Waals surface area contributed by atoms with Crippen molar-refractivity contribution in [1.29, 1.82) is 0 Å². The fourth-order valence-electron chi connectivity index (χ4n) is 2.38. The molecule has 5 nitrogen and oxygen atoms in total. The molecule has 104 valence electrons. The van der Waals surface area contributed by atoms with Gasteiger partial charge in [-0.15, -0.1) is 0 Å². The maximum absolute atomic E-state index is 12.2. The zero-order valence-corrected chi connectivity index (χ0v) is 11.3. The summed E-state index contributed by atoms with van der Waals surface area (Å²) in [5.41, 5.74) is -0.539. The summed E-state index contributed by atoms with van der Waals surface area (Å²) in [6, 6.07) is -0.263. The third-order valence-corrected chi connectivity index (χ3v) is 3.51. The molecule has 1 fully saturated rings. The van der Waals surface area contributed by atoms with E-state index < -0.39 is 11.5 Å². The third-order valence-electron chi connectivity index (χ3n) is 3.51. The summed E-state index contributed by atoms with van der Waals surface area (Å²) in [6.45, 7) is 4.73. The van der Waals surface area contributed by atoms with Crippen molar-refractivity contribution < 1.29 is 14.7 Å². The van der Waals surface area contributed by atoms with Crippen LogP contribution < -0.4 is 10.6 Å². The van der Waals surface area contributed by atoms with Crippen LogP contribution in [0.5, 0.6) is 0 Å². The van der Waals surface area contributed by atoms with Gasteiger partial charge in [-0.2, -0.15) is 0 Å². The van der Waals surface area contributed by atoms with Gasteiger partial charge < -0.3 is 15.7 Å². The Morgan fingerprint density at radius 2 is 2.17 bits per heavy atom. The topological polar surface area (TPSA) is 78.4 Å². The van der Waals surface area contributed by atoms with E-state index in [-0.39, 0.29) is 18.4 Å². The van der Waals surface area contributed by atoms with Gasteiger partial charge in [0, 0.05) is 6.04 Å². The lowest BCUT2D eigenvalue weighted by Gasteiger charge is -2.34. The van der Waals surface area contributed by atoms with Crippen molar-refractivity contribution in [2.24, 2.45) is 0 Å². The first-order valence-electron chi connectivity index (χ1n) is 6.75. The van der Waals surface area contributed by atoms with Crippen molar-refractivity contribution >= 4 is 11.9 Å². The number of carbonyl (C=O) groups excluding carboxylic acids is 1. The van der Waals surface area contributed by atoms with E-state index in [1.807, 2.05) is 13.8 Å². The number of aliphatic carboxylic acids is 1. The summed E-state index contributed by atoms with van der Waals surface area (Å²) in [5, 5.41) is 14.9. The molecule has 0 aromatic heterocycles. The fourth-order valence-corrected chi connectivity index (χ4v) is 2.38. The highest BCUT2D eigenvalue weighted by atomic mass is 16.4. The Morgan fingerprint density at radius 1 is 1.44 bits per heavy atom. The molecule has 18 heavy (non-hydrogen) atoms. The van der Waals surface area contributed by atoms with Gasteiger partial charge in [0.2, 0.25) is 5.91 Å². The van der Waals surface area contributed by atoms with E-state index in [2.05, 4.69) is 10.6 Å². The molecule has 2 unspecified atom stereocenters. The highest BCUT2D eigenvalue weighted by Crippen LogP contribution is 2.19. The Labute approximate surface area is 108 Å². The lowest BCUT2D eigenvalue weighted by Crippen LogP contribution is -2.58. The molecule has 1 aliphatic rings. The van der Waals surface area contributed by atoms with Crippen LogP contribution >= 0.6 is 0 Å². The number of rotatable bonds is 6. The van der Waals surface area contributed by atoms with Crippen molar-refractivity contribution in [2.75, 3.05) is 6.54 Å². The van der Waals surface area contributed by atoms with Gasteiger partial charge in [0.15, 0.2) is 0 Å². The molecular weight excluding hydrogens is 232 g/mol. The SMILES string of the molecule is CCCC(CC(=O)O)NC(=O)C1(C)CCCCN1. The summed E-state index contributed by atoms with van der Waals surface area (Å²) in [6.07, 6.45) is 4.50. The van der Waals surface area contributed by atoms with E-state index in [0.717, 1.165) is 32.2 Å². The van der Waals surface area contributed by atoms with Gasteiger partial charge in [0.25, 0.3) is 0 Å². The van der Waals surface area contributed by atoms with Crippen molar-refractivity contribution in [3.63, 3.8) is 0 Å². The summed E-state index contributed by atoms with van der Waals surface area (Å²) < 4.78 is 0. The molecule has 0 bridgehead atoms. The first kappa shape index (κ1) is 15.0. The highest BCUT2D eigenvalue weighted by Gasteiger charge is 2.35. The van der Waals surface area contributed by atoms with Crippen LogP contribution in [0.4, 0.5) is 0 Å². The predicted octanol–water partition coefficient (Wildman–Crippen LogP) is 1.28. The van der Waals surface area contributed by atoms with Gasteiger partial charge in [-0.3, -0.25) is 9.59 Å². The number of hydrogen-bond acceptors (Lipinski definition) is 3. The molecule has 0 saturated carbocycles. The van der Waals surface area contributed by atoms with Crippen LogP contribution in [-0.2, 0) is 9.59 Å². The van der Waals surface area contributed by atoms with Gasteiger partial charge in [0.1, 0.15) is 0 Å². The Bertz CT molecular complexity index is 299. The number of piperidine rings is 1. The van der Waals surface area contributed by atoms with Crippen molar-refractivity contribution in [2.45, 2.75) is 64.0 Å². The molecule has 1 amide bonds. The average Bonchev–Trinajstić information content (AvgIpc) is 2.29. The quantitative estimate of drug-likeness (QED) is 0.669. The molecule has 1 saturated heterocycles. The second kappa shape index (κ2) is 6.73. The zero-order chi connectivity index (χ0) is 13.6. The van der Waals surface area contributed by atoms with E-state index >= 15 is 0 Å². The van der Waals surface area contributed by atoms with Crippen LogP contribution in [0, 0.1) is 0 Å². The lowest BCUT2D eigenvalue weighted by molar-refractivity contribution is -0.138. The summed E-state index contributed by atoms with van der Waals surface area (Å²) in [5.74, 6) is -0.933. The summed E-state index contributed by atoms with van der Waals surface area (Å²) >= 11 is 0. The Morgan fingerprint density at radius 3 is 2.67 bits per heavy atom. The average molecular weight is 256 g/mol. The molecular formula is C13H24N2O3. The number of carboxylic acid groups (broad SMARTS) is 1. The van der Waals surface area contributed by atoms with Crippen molar-refractivity contribution in [1.82, 2.24) is 10.6 Å². The Balaban J connectivity index is 2.56. The molecule has 5 heteroatoms. The first-order chi connectivity index (χ1) is 8.48. The highest BCUT2D eigenvalue weighted by molar-refractivity contribution is 5.86. The third kappa shape index (κ3) is 4.29. The number of hydrogen-bond donors (Lipinski definition) is 3. The number of carbonyl (C=O) groups is 2. The molecule has 0 spiro atoms. The number of carboxylic acids is 1.